The first kappa shape index (κ1) is 25.0. The van der Waals surface area contributed by atoms with Gasteiger partial charge in [-0.1, -0.05) is 17.2 Å². The number of anilines is 2. The predicted molar refractivity (Wildman–Crippen MR) is 123 cm³/mol. The van der Waals surface area contributed by atoms with Crippen molar-refractivity contribution >= 4 is 12.0 Å². The van der Waals surface area contributed by atoms with Crippen LogP contribution in [0.3, 0.4) is 0 Å². The zero-order chi connectivity index (χ0) is 26.8. The maximum atomic E-state index is 13.9. The molecule has 2 aromatic heterocycles. The number of aryl methyl sites for hydroxylation is 1. The first-order chi connectivity index (χ1) is 18.0. The first-order valence-corrected chi connectivity index (χ1v) is 12.5. The molecule has 1 saturated carbocycles. The molecule has 2 bridgehead atoms. The molecule has 5 atom stereocenters. The maximum Gasteiger partial charge on any atom is 0.416 e. The highest BCUT2D eigenvalue weighted by Gasteiger charge is 2.48. The van der Waals surface area contributed by atoms with E-state index in [1.54, 1.807) is 6.92 Å². The fraction of sp³-hybridized carbons (Fsp3) is 0.583. The third-order valence-corrected chi connectivity index (χ3v) is 7.93. The summed E-state index contributed by atoms with van der Waals surface area (Å²) in [6.45, 7) is 3.03. The van der Waals surface area contributed by atoms with Gasteiger partial charge in [0, 0.05) is 32.0 Å². The monoisotopic (exact) mass is 541 g/mol. The summed E-state index contributed by atoms with van der Waals surface area (Å²) < 4.78 is 87.2. The molecule has 0 amide bonds. The molecule has 0 spiro atoms. The van der Waals surface area contributed by atoms with Gasteiger partial charge in [0.25, 0.3) is 0 Å². The highest BCUT2D eigenvalue weighted by atomic mass is 19.4. The van der Waals surface area contributed by atoms with Gasteiger partial charge >= 0.3 is 18.4 Å². The van der Waals surface area contributed by atoms with Crippen LogP contribution in [0.2, 0.25) is 0 Å². The van der Waals surface area contributed by atoms with Gasteiger partial charge < -0.3 is 14.6 Å². The van der Waals surface area contributed by atoms with Crippen LogP contribution in [-0.2, 0) is 6.18 Å². The number of fused-ring (bicyclic) bond motifs is 3. The van der Waals surface area contributed by atoms with E-state index in [0.29, 0.717) is 30.6 Å². The number of piperidine rings is 1. The highest BCUT2D eigenvalue weighted by molar-refractivity contribution is 5.37. The van der Waals surface area contributed by atoms with E-state index in [1.807, 2.05) is 4.90 Å². The Labute approximate surface area is 213 Å². The number of hydrogen-bond donors (Lipinski definition) is 1. The van der Waals surface area contributed by atoms with Crippen molar-refractivity contribution in [1.82, 2.24) is 25.0 Å². The molecule has 204 valence electrons. The molecule has 6 rings (SSSR count). The van der Waals surface area contributed by atoms with Crippen molar-refractivity contribution in [3.63, 3.8) is 0 Å². The van der Waals surface area contributed by atoms with E-state index in [2.05, 4.69) is 25.6 Å². The fourth-order valence-electron chi connectivity index (χ4n) is 6.14. The van der Waals surface area contributed by atoms with Gasteiger partial charge in [0.05, 0.1) is 5.56 Å². The second kappa shape index (κ2) is 8.87. The van der Waals surface area contributed by atoms with Crippen molar-refractivity contribution in [1.29, 1.82) is 0 Å². The standard InChI is InChI=1S/C24H25F6N7O/c1-12-33-34-22(38-12)36-10-14-2-3-15(11-36)19(14)31-21-32-20-17(8-9-18(24(28,29)30)37(20)35-21)13-4-6-16(7-5-13)23(25,26)27/h4-7,14-15,17-19H,2-3,8-11H2,1H3,(H,31,35)/t14-,15?,17?,18?,19?/m0/s1. The molecule has 4 unspecified atom stereocenters. The molecule has 3 aliphatic rings. The summed E-state index contributed by atoms with van der Waals surface area (Å²) in [5.41, 5.74) is -0.339. The van der Waals surface area contributed by atoms with Gasteiger partial charge in [-0.15, -0.1) is 10.2 Å². The number of benzene rings is 1. The normalized spacial score (nSPS) is 27.4. The number of nitrogens with one attached hydrogen (secondary N) is 1. The van der Waals surface area contributed by atoms with Gasteiger partial charge in [-0.05, 0) is 55.2 Å². The van der Waals surface area contributed by atoms with Crippen LogP contribution in [0.1, 0.15) is 60.5 Å². The third-order valence-electron chi connectivity index (χ3n) is 7.93. The van der Waals surface area contributed by atoms with E-state index < -0.39 is 29.9 Å². The van der Waals surface area contributed by atoms with Gasteiger partial charge in [0.15, 0.2) is 0 Å². The van der Waals surface area contributed by atoms with E-state index in [0.717, 1.165) is 29.7 Å². The summed E-state index contributed by atoms with van der Waals surface area (Å²) in [6, 6.07) is 3.09. The number of halogens is 6. The second-order valence-corrected chi connectivity index (χ2v) is 10.3. The van der Waals surface area contributed by atoms with Crippen molar-refractivity contribution in [3.8, 4) is 0 Å². The molecule has 14 heteroatoms. The zero-order valence-electron chi connectivity index (χ0n) is 20.3. The summed E-state index contributed by atoms with van der Waals surface area (Å²) in [6.07, 6.45) is -7.31. The summed E-state index contributed by atoms with van der Waals surface area (Å²) in [5, 5.41) is 15.5. The fourth-order valence-corrected chi connectivity index (χ4v) is 6.14. The molecule has 1 aliphatic carbocycles. The van der Waals surface area contributed by atoms with Gasteiger partial charge in [-0.2, -0.15) is 31.3 Å². The quantitative estimate of drug-likeness (QED) is 0.446. The summed E-state index contributed by atoms with van der Waals surface area (Å²) in [5.74, 6) is 0.459. The van der Waals surface area contributed by atoms with Gasteiger partial charge in [-0.25, -0.2) is 4.68 Å². The van der Waals surface area contributed by atoms with Crippen LogP contribution in [0, 0.1) is 18.8 Å². The van der Waals surface area contributed by atoms with Crippen LogP contribution in [0.25, 0.3) is 0 Å². The van der Waals surface area contributed by atoms with Crippen LogP contribution in [0.15, 0.2) is 28.7 Å². The zero-order valence-corrected chi connectivity index (χ0v) is 20.3. The molecule has 8 nitrogen and oxygen atoms in total. The van der Waals surface area contributed by atoms with E-state index in [1.165, 1.54) is 12.1 Å². The average Bonchev–Trinajstić information content (AvgIpc) is 3.53. The summed E-state index contributed by atoms with van der Waals surface area (Å²) >= 11 is 0. The SMILES string of the molecule is Cc1nnc(N2CC3CC[C@@H](C2)C3Nc2nc3n(n2)C(C(F)(F)F)CCC3c2ccc(C(F)(F)F)cc2)o1. The van der Waals surface area contributed by atoms with Gasteiger partial charge in [0.1, 0.15) is 11.9 Å². The van der Waals surface area contributed by atoms with E-state index in [9.17, 15) is 26.3 Å². The smallest absolute Gasteiger partial charge is 0.408 e. The Morgan fingerprint density at radius 3 is 2.18 bits per heavy atom. The molecule has 3 aromatic rings. The van der Waals surface area contributed by atoms with Crippen molar-refractivity contribution < 1.29 is 30.8 Å². The molecule has 2 fully saturated rings. The van der Waals surface area contributed by atoms with Crippen LogP contribution >= 0.6 is 0 Å². The Bertz CT molecular complexity index is 1290. The number of aromatic nitrogens is 5. The van der Waals surface area contributed by atoms with Gasteiger partial charge in [0.2, 0.25) is 11.8 Å². The molecule has 1 saturated heterocycles. The van der Waals surface area contributed by atoms with Crippen molar-refractivity contribution in [2.24, 2.45) is 11.8 Å². The van der Waals surface area contributed by atoms with Crippen LogP contribution in [0.5, 0.6) is 0 Å². The Kier molecular flexibility index (Phi) is 5.83. The van der Waals surface area contributed by atoms with Crippen LogP contribution in [0.4, 0.5) is 38.3 Å². The molecule has 0 radical (unpaired) electrons. The lowest BCUT2D eigenvalue weighted by Crippen LogP contribution is -2.48. The first-order valence-electron chi connectivity index (χ1n) is 12.5. The molecular weight excluding hydrogens is 516 g/mol. The minimum atomic E-state index is -4.53. The minimum Gasteiger partial charge on any atom is -0.408 e. The number of nitrogens with zero attached hydrogens (tertiary/aromatic N) is 6. The van der Waals surface area contributed by atoms with Crippen LogP contribution in [-0.4, -0.2) is 50.3 Å². The number of rotatable bonds is 4. The van der Waals surface area contributed by atoms with Gasteiger partial charge in [-0.3, -0.25) is 0 Å². The maximum absolute atomic E-state index is 13.9. The highest BCUT2D eigenvalue weighted by Crippen LogP contribution is 2.45. The predicted octanol–water partition coefficient (Wildman–Crippen LogP) is 5.34. The van der Waals surface area contributed by atoms with Crippen molar-refractivity contribution in [3.05, 3.63) is 47.1 Å². The molecule has 1 N–H and O–H groups in total. The lowest BCUT2D eigenvalue weighted by molar-refractivity contribution is -0.175. The lowest BCUT2D eigenvalue weighted by atomic mass is 9.88. The second-order valence-electron chi connectivity index (χ2n) is 10.3. The summed E-state index contributed by atoms with van der Waals surface area (Å²) in [4.78, 5) is 6.51. The molecular formula is C24H25F6N7O. The molecule has 2 aliphatic heterocycles. The van der Waals surface area contributed by atoms with Crippen molar-refractivity contribution in [2.45, 2.75) is 63.0 Å². The Balaban J connectivity index is 1.26. The van der Waals surface area contributed by atoms with Crippen molar-refractivity contribution in [2.75, 3.05) is 23.3 Å². The number of alkyl halides is 6. The summed E-state index contributed by atoms with van der Waals surface area (Å²) in [7, 11) is 0. The van der Waals surface area contributed by atoms with E-state index >= 15 is 0 Å². The minimum absolute atomic E-state index is 0.0337. The average molecular weight is 542 g/mol. The number of hydrogen-bond acceptors (Lipinski definition) is 7. The molecule has 1 aromatic carbocycles. The van der Waals surface area contributed by atoms with Crippen LogP contribution < -0.4 is 10.2 Å². The van der Waals surface area contributed by atoms with E-state index in [-0.39, 0.29) is 42.5 Å². The molecule has 4 heterocycles. The lowest BCUT2D eigenvalue weighted by Gasteiger charge is -2.37. The van der Waals surface area contributed by atoms with E-state index in [4.69, 9.17) is 4.42 Å². The molecule has 38 heavy (non-hydrogen) atoms. The Morgan fingerprint density at radius 1 is 0.921 bits per heavy atom. The largest absolute Gasteiger partial charge is 0.416 e. The topological polar surface area (TPSA) is 84.9 Å². The Morgan fingerprint density at radius 2 is 1.61 bits per heavy atom. The third kappa shape index (κ3) is 4.47. The Hall–Kier alpha value is -3.32.